The highest BCUT2D eigenvalue weighted by Gasteiger charge is 2.30. The number of likely N-dealkylation sites (N-methyl/N-ethyl adjacent to an activating group) is 1. The van der Waals surface area contributed by atoms with Gasteiger partial charge >= 0.3 is 0 Å². The lowest BCUT2D eigenvalue weighted by Crippen LogP contribution is -2.60. The molecule has 3 rings (SSSR count). The standard InChI is InChI=1S/C18H27N3OS/c1-18(2,22)7-6-16-4-5-17(23-16)14-20-9-11-21-10-8-19(3)12-15(21)13-20/h4-5,15,22H,8-14H2,1-3H3. The summed E-state index contributed by atoms with van der Waals surface area (Å²) in [5, 5.41) is 9.69. The molecule has 0 bridgehead atoms. The number of hydrogen-bond acceptors (Lipinski definition) is 5. The minimum absolute atomic E-state index is 0.678. The van der Waals surface area contributed by atoms with Crippen molar-refractivity contribution in [2.24, 2.45) is 0 Å². The van der Waals surface area contributed by atoms with Gasteiger partial charge in [0.2, 0.25) is 0 Å². The largest absolute Gasteiger partial charge is 0.378 e. The van der Waals surface area contributed by atoms with Crippen LogP contribution in [0.3, 0.4) is 0 Å². The Morgan fingerprint density at radius 1 is 1.22 bits per heavy atom. The van der Waals surface area contributed by atoms with E-state index in [0.717, 1.165) is 24.5 Å². The molecule has 5 heteroatoms. The summed E-state index contributed by atoms with van der Waals surface area (Å²) in [7, 11) is 2.23. The van der Waals surface area contributed by atoms with E-state index in [1.807, 2.05) is 0 Å². The van der Waals surface area contributed by atoms with E-state index in [2.05, 4.69) is 45.7 Å². The van der Waals surface area contributed by atoms with Crippen LogP contribution in [0, 0.1) is 11.8 Å². The number of rotatable bonds is 2. The van der Waals surface area contributed by atoms with E-state index in [1.54, 1.807) is 25.2 Å². The zero-order valence-electron chi connectivity index (χ0n) is 14.4. The Kier molecular flexibility index (Phi) is 5.10. The number of hydrogen-bond donors (Lipinski definition) is 1. The summed E-state index contributed by atoms with van der Waals surface area (Å²) in [5.74, 6) is 5.97. The second-order valence-corrected chi connectivity index (χ2v) is 8.43. The molecule has 23 heavy (non-hydrogen) atoms. The lowest BCUT2D eigenvalue weighted by Gasteiger charge is -2.46. The summed E-state index contributed by atoms with van der Waals surface area (Å²) >= 11 is 1.75. The molecule has 1 aromatic heterocycles. The SMILES string of the molecule is CN1CCN2CCN(Cc3ccc(C#CC(C)(C)O)s3)CC2C1. The molecule has 0 aromatic carbocycles. The van der Waals surface area contributed by atoms with Crippen LogP contribution in [0.5, 0.6) is 0 Å². The van der Waals surface area contributed by atoms with Gasteiger partial charge in [-0.2, -0.15) is 0 Å². The monoisotopic (exact) mass is 333 g/mol. The molecule has 126 valence electrons. The Hall–Kier alpha value is -0.900. The van der Waals surface area contributed by atoms with Gasteiger partial charge in [-0.3, -0.25) is 9.80 Å². The van der Waals surface area contributed by atoms with Crippen molar-refractivity contribution in [2.75, 3.05) is 46.3 Å². The first kappa shape index (κ1) is 16.9. The van der Waals surface area contributed by atoms with Gasteiger partial charge in [0.1, 0.15) is 5.60 Å². The van der Waals surface area contributed by atoms with E-state index in [9.17, 15) is 5.11 Å². The molecule has 0 amide bonds. The van der Waals surface area contributed by atoms with Crippen LogP contribution in [-0.4, -0.2) is 77.8 Å². The highest BCUT2D eigenvalue weighted by molar-refractivity contribution is 7.12. The van der Waals surface area contributed by atoms with Crippen LogP contribution in [0.1, 0.15) is 23.6 Å². The fourth-order valence-corrected chi connectivity index (χ4v) is 4.19. The summed E-state index contributed by atoms with van der Waals surface area (Å²) in [6, 6.07) is 4.93. The van der Waals surface area contributed by atoms with Crippen LogP contribution in [-0.2, 0) is 6.54 Å². The number of nitrogens with zero attached hydrogens (tertiary/aromatic N) is 3. The zero-order chi connectivity index (χ0) is 16.4. The van der Waals surface area contributed by atoms with Gasteiger partial charge in [-0.25, -0.2) is 0 Å². The van der Waals surface area contributed by atoms with Gasteiger partial charge in [-0.05, 0) is 33.0 Å². The Balaban J connectivity index is 1.57. The maximum Gasteiger partial charge on any atom is 0.120 e. The van der Waals surface area contributed by atoms with Gasteiger partial charge in [0, 0.05) is 56.7 Å². The van der Waals surface area contributed by atoms with Crippen LogP contribution in [0.2, 0.25) is 0 Å². The molecule has 1 aromatic rings. The fourth-order valence-electron chi connectivity index (χ4n) is 3.28. The minimum atomic E-state index is -0.923. The number of thiophene rings is 1. The van der Waals surface area contributed by atoms with Gasteiger partial charge in [0.05, 0.1) is 4.88 Å². The maximum absolute atomic E-state index is 9.69. The van der Waals surface area contributed by atoms with Gasteiger partial charge in [0.25, 0.3) is 0 Å². The topological polar surface area (TPSA) is 30.0 Å². The first-order valence-electron chi connectivity index (χ1n) is 8.38. The van der Waals surface area contributed by atoms with Gasteiger partial charge < -0.3 is 10.0 Å². The average molecular weight is 334 g/mol. The van der Waals surface area contributed by atoms with E-state index >= 15 is 0 Å². The van der Waals surface area contributed by atoms with Crippen molar-refractivity contribution in [3.63, 3.8) is 0 Å². The number of piperazine rings is 2. The Morgan fingerprint density at radius 3 is 2.78 bits per heavy atom. The molecule has 1 N–H and O–H groups in total. The molecule has 2 aliphatic rings. The van der Waals surface area contributed by atoms with Crippen molar-refractivity contribution in [3.05, 3.63) is 21.9 Å². The molecule has 1 atom stereocenters. The number of aliphatic hydroxyl groups is 1. The highest BCUT2D eigenvalue weighted by atomic mass is 32.1. The molecule has 4 nitrogen and oxygen atoms in total. The van der Waals surface area contributed by atoms with Crippen molar-refractivity contribution >= 4 is 11.3 Å². The smallest absolute Gasteiger partial charge is 0.120 e. The predicted molar refractivity (Wildman–Crippen MR) is 95.6 cm³/mol. The average Bonchev–Trinajstić information content (AvgIpc) is 2.91. The third-order valence-corrected chi connectivity index (χ3v) is 5.50. The summed E-state index contributed by atoms with van der Waals surface area (Å²) in [6.07, 6.45) is 0. The number of fused-ring (bicyclic) bond motifs is 1. The van der Waals surface area contributed by atoms with E-state index < -0.39 is 5.60 Å². The second-order valence-electron chi connectivity index (χ2n) is 7.26. The fraction of sp³-hybridized carbons (Fsp3) is 0.667. The Labute approximate surface area is 143 Å². The summed E-state index contributed by atoms with van der Waals surface area (Å²) in [6.45, 7) is 11.6. The summed E-state index contributed by atoms with van der Waals surface area (Å²) in [4.78, 5) is 10.1. The minimum Gasteiger partial charge on any atom is -0.378 e. The van der Waals surface area contributed by atoms with Crippen molar-refractivity contribution in [1.29, 1.82) is 0 Å². The van der Waals surface area contributed by atoms with Crippen molar-refractivity contribution in [1.82, 2.24) is 14.7 Å². The molecule has 2 fully saturated rings. The highest BCUT2D eigenvalue weighted by Crippen LogP contribution is 2.21. The quantitative estimate of drug-likeness (QED) is 0.827. The van der Waals surface area contributed by atoms with Crippen molar-refractivity contribution in [3.8, 4) is 11.8 Å². The maximum atomic E-state index is 9.69. The van der Waals surface area contributed by atoms with Crippen LogP contribution < -0.4 is 0 Å². The molecule has 2 saturated heterocycles. The Bertz CT molecular complexity index is 595. The van der Waals surface area contributed by atoms with Crippen LogP contribution in [0.25, 0.3) is 0 Å². The van der Waals surface area contributed by atoms with Crippen LogP contribution in [0.4, 0.5) is 0 Å². The first-order chi connectivity index (χ1) is 10.9. The molecular weight excluding hydrogens is 306 g/mol. The van der Waals surface area contributed by atoms with E-state index in [-0.39, 0.29) is 0 Å². The zero-order valence-corrected chi connectivity index (χ0v) is 15.2. The van der Waals surface area contributed by atoms with E-state index in [0.29, 0.717) is 6.04 Å². The van der Waals surface area contributed by atoms with Crippen molar-refractivity contribution in [2.45, 2.75) is 32.0 Å². The van der Waals surface area contributed by atoms with Gasteiger partial charge in [0.15, 0.2) is 0 Å². The van der Waals surface area contributed by atoms with E-state index in [4.69, 9.17) is 0 Å². The molecule has 0 saturated carbocycles. The van der Waals surface area contributed by atoms with Crippen LogP contribution >= 0.6 is 11.3 Å². The normalized spacial score (nSPS) is 24.1. The lowest BCUT2D eigenvalue weighted by molar-refractivity contribution is 0.0179. The summed E-state index contributed by atoms with van der Waals surface area (Å²) < 4.78 is 0. The molecule has 1 unspecified atom stereocenters. The summed E-state index contributed by atoms with van der Waals surface area (Å²) in [5.41, 5.74) is -0.923. The molecule has 0 spiro atoms. The van der Waals surface area contributed by atoms with Crippen LogP contribution in [0.15, 0.2) is 12.1 Å². The Morgan fingerprint density at radius 2 is 2.00 bits per heavy atom. The second kappa shape index (κ2) is 6.92. The molecule has 3 heterocycles. The molecule has 0 aliphatic carbocycles. The molecular formula is C18H27N3OS. The predicted octanol–water partition coefficient (Wildman–Crippen LogP) is 1.30. The van der Waals surface area contributed by atoms with E-state index in [1.165, 1.54) is 31.1 Å². The third-order valence-electron chi connectivity index (χ3n) is 4.51. The van der Waals surface area contributed by atoms with Crippen molar-refractivity contribution < 1.29 is 5.11 Å². The molecule has 2 aliphatic heterocycles. The first-order valence-corrected chi connectivity index (χ1v) is 9.20. The lowest BCUT2D eigenvalue weighted by atomic mass is 10.1. The molecule has 0 radical (unpaired) electrons. The van der Waals surface area contributed by atoms with Gasteiger partial charge in [-0.1, -0.05) is 11.8 Å². The third kappa shape index (κ3) is 4.79. The van der Waals surface area contributed by atoms with Gasteiger partial charge in [-0.15, -0.1) is 11.3 Å².